The number of nitro benzene ring substituents is 1. The minimum atomic E-state index is -0.567. The topological polar surface area (TPSA) is 98.3 Å². The Balaban J connectivity index is 2.29. The van der Waals surface area contributed by atoms with Crippen molar-refractivity contribution in [2.75, 3.05) is 11.1 Å². The molecule has 2 aromatic carbocycles. The molecule has 3 N–H and O–H groups in total. The third kappa shape index (κ3) is 2.92. The summed E-state index contributed by atoms with van der Waals surface area (Å²) >= 11 is 0. The predicted octanol–water partition coefficient (Wildman–Crippen LogP) is 2.74. The molecule has 2 aromatic rings. The molecule has 0 fully saturated rings. The van der Waals surface area contributed by atoms with E-state index in [0.717, 1.165) is 5.56 Å². The molecule has 2 rings (SSSR count). The number of anilines is 2. The van der Waals surface area contributed by atoms with E-state index < -0.39 is 10.8 Å². The zero-order valence-electron chi connectivity index (χ0n) is 10.8. The van der Waals surface area contributed by atoms with Crippen molar-refractivity contribution >= 4 is 23.0 Å². The summed E-state index contributed by atoms with van der Waals surface area (Å²) in [6.07, 6.45) is 0. The van der Waals surface area contributed by atoms with Crippen LogP contribution in [0.4, 0.5) is 17.1 Å². The van der Waals surface area contributed by atoms with Crippen LogP contribution in [0.2, 0.25) is 0 Å². The van der Waals surface area contributed by atoms with E-state index in [1.807, 2.05) is 19.1 Å². The monoisotopic (exact) mass is 271 g/mol. The second-order valence-corrected chi connectivity index (χ2v) is 4.35. The molecule has 0 atom stereocenters. The number of carbonyl (C=O) groups is 1. The molecule has 0 aromatic heterocycles. The first-order valence-electron chi connectivity index (χ1n) is 5.89. The lowest BCUT2D eigenvalue weighted by atomic mass is 10.1. The van der Waals surface area contributed by atoms with Crippen LogP contribution in [-0.2, 0) is 0 Å². The SMILES string of the molecule is Cc1cccc(NC(=O)c2cc([N+](=O)[O-])ccc2N)c1. The molecule has 20 heavy (non-hydrogen) atoms. The lowest BCUT2D eigenvalue weighted by Crippen LogP contribution is -2.14. The Morgan fingerprint density at radius 1 is 1.25 bits per heavy atom. The number of aryl methyl sites for hydroxylation is 1. The van der Waals surface area contributed by atoms with Crippen molar-refractivity contribution in [2.45, 2.75) is 6.92 Å². The molecule has 0 heterocycles. The Kier molecular flexibility index (Phi) is 3.65. The molecule has 6 nitrogen and oxygen atoms in total. The Morgan fingerprint density at radius 2 is 2.00 bits per heavy atom. The number of benzene rings is 2. The smallest absolute Gasteiger partial charge is 0.270 e. The fraction of sp³-hybridized carbons (Fsp3) is 0.0714. The van der Waals surface area contributed by atoms with Crippen LogP contribution in [0.1, 0.15) is 15.9 Å². The number of nitrogens with two attached hydrogens (primary N) is 1. The number of nitrogens with zero attached hydrogens (tertiary/aromatic N) is 1. The maximum absolute atomic E-state index is 12.1. The van der Waals surface area contributed by atoms with Crippen LogP contribution in [0.25, 0.3) is 0 Å². The first kappa shape index (κ1) is 13.5. The van der Waals surface area contributed by atoms with E-state index in [-0.39, 0.29) is 16.9 Å². The van der Waals surface area contributed by atoms with Crippen molar-refractivity contribution in [2.24, 2.45) is 0 Å². The maximum Gasteiger partial charge on any atom is 0.270 e. The van der Waals surface area contributed by atoms with Gasteiger partial charge in [0.15, 0.2) is 0 Å². The van der Waals surface area contributed by atoms with Gasteiger partial charge in [0.05, 0.1) is 10.5 Å². The lowest BCUT2D eigenvalue weighted by Gasteiger charge is -2.08. The molecular formula is C14H13N3O3. The van der Waals surface area contributed by atoms with Crippen LogP contribution in [0.15, 0.2) is 42.5 Å². The van der Waals surface area contributed by atoms with Gasteiger partial charge in [-0.15, -0.1) is 0 Å². The van der Waals surface area contributed by atoms with Crippen molar-refractivity contribution < 1.29 is 9.72 Å². The molecule has 0 unspecified atom stereocenters. The van der Waals surface area contributed by atoms with Gasteiger partial charge in [-0.25, -0.2) is 0 Å². The van der Waals surface area contributed by atoms with E-state index in [9.17, 15) is 14.9 Å². The number of nitrogens with one attached hydrogen (secondary N) is 1. The van der Waals surface area contributed by atoms with Crippen molar-refractivity contribution in [1.29, 1.82) is 0 Å². The van der Waals surface area contributed by atoms with Gasteiger partial charge in [0.2, 0.25) is 0 Å². The molecule has 0 radical (unpaired) electrons. The summed E-state index contributed by atoms with van der Waals surface area (Å²) in [6, 6.07) is 11.0. The van der Waals surface area contributed by atoms with E-state index in [0.29, 0.717) is 5.69 Å². The number of non-ortho nitro benzene ring substituents is 1. The van der Waals surface area contributed by atoms with Crippen molar-refractivity contribution in [3.8, 4) is 0 Å². The van der Waals surface area contributed by atoms with Crippen molar-refractivity contribution in [1.82, 2.24) is 0 Å². The predicted molar refractivity (Wildman–Crippen MR) is 76.6 cm³/mol. The Hall–Kier alpha value is -2.89. The summed E-state index contributed by atoms with van der Waals surface area (Å²) < 4.78 is 0. The Bertz CT molecular complexity index is 683. The van der Waals surface area contributed by atoms with Gasteiger partial charge in [-0.05, 0) is 30.7 Å². The van der Waals surface area contributed by atoms with E-state index in [1.54, 1.807) is 12.1 Å². The average molecular weight is 271 g/mol. The summed E-state index contributed by atoms with van der Waals surface area (Å²) in [6.45, 7) is 1.90. The van der Waals surface area contributed by atoms with Gasteiger partial charge < -0.3 is 11.1 Å². The van der Waals surface area contributed by atoms with Gasteiger partial charge in [0.1, 0.15) is 0 Å². The van der Waals surface area contributed by atoms with E-state index in [1.165, 1.54) is 18.2 Å². The fourth-order valence-corrected chi connectivity index (χ4v) is 1.78. The Labute approximate surface area is 115 Å². The minimum absolute atomic E-state index is 0.0840. The maximum atomic E-state index is 12.1. The molecule has 102 valence electrons. The highest BCUT2D eigenvalue weighted by Gasteiger charge is 2.15. The number of hydrogen-bond acceptors (Lipinski definition) is 4. The highest BCUT2D eigenvalue weighted by atomic mass is 16.6. The molecule has 0 aliphatic carbocycles. The average Bonchev–Trinajstić information content (AvgIpc) is 2.38. The molecule has 0 saturated carbocycles. The second kappa shape index (κ2) is 5.40. The van der Waals surface area contributed by atoms with Crippen LogP contribution in [0.5, 0.6) is 0 Å². The van der Waals surface area contributed by atoms with E-state index >= 15 is 0 Å². The molecule has 0 spiro atoms. The van der Waals surface area contributed by atoms with Crippen LogP contribution >= 0.6 is 0 Å². The summed E-state index contributed by atoms with van der Waals surface area (Å²) in [5, 5.41) is 13.4. The van der Waals surface area contributed by atoms with Gasteiger partial charge >= 0.3 is 0 Å². The third-order valence-corrected chi connectivity index (χ3v) is 2.77. The second-order valence-electron chi connectivity index (χ2n) is 4.35. The molecule has 0 aliphatic heterocycles. The lowest BCUT2D eigenvalue weighted by molar-refractivity contribution is -0.384. The zero-order chi connectivity index (χ0) is 14.7. The zero-order valence-corrected chi connectivity index (χ0v) is 10.8. The first-order valence-corrected chi connectivity index (χ1v) is 5.89. The molecule has 0 saturated heterocycles. The first-order chi connectivity index (χ1) is 9.47. The van der Waals surface area contributed by atoms with Gasteiger partial charge in [-0.3, -0.25) is 14.9 Å². The number of rotatable bonds is 3. The fourth-order valence-electron chi connectivity index (χ4n) is 1.78. The largest absolute Gasteiger partial charge is 0.398 e. The molecule has 1 amide bonds. The van der Waals surface area contributed by atoms with E-state index in [2.05, 4.69) is 5.32 Å². The number of hydrogen-bond donors (Lipinski definition) is 2. The van der Waals surface area contributed by atoms with Crippen molar-refractivity contribution in [3.05, 3.63) is 63.7 Å². The summed E-state index contributed by atoms with van der Waals surface area (Å²) in [5.41, 5.74) is 7.40. The van der Waals surface area contributed by atoms with Gasteiger partial charge in [0, 0.05) is 23.5 Å². The third-order valence-electron chi connectivity index (χ3n) is 2.77. The van der Waals surface area contributed by atoms with Gasteiger partial charge in [0.25, 0.3) is 11.6 Å². The van der Waals surface area contributed by atoms with Crippen molar-refractivity contribution in [3.63, 3.8) is 0 Å². The number of amides is 1. The Morgan fingerprint density at radius 3 is 2.65 bits per heavy atom. The molecule has 0 bridgehead atoms. The molecule has 6 heteroatoms. The summed E-state index contributed by atoms with van der Waals surface area (Å²) in [7, 11) is 0. The standard InChI is InChI=1S/C14H13N3O3/c1-9-3-2-4-10(7-9)16-14(18)12-8-11(17(19)20)5-6-13(12)15/h2-8H,15H2,1H3,(H,16,18). The van der Waals surface area contributed by atoms with Crippen LogP contribution in [-0.4, -0.2) is 10.8 Å². The summed E-state index contributed by atoms with van der Waals surface area (Å²) in [4.78, 5) is 22.3. The number of carbonyl (C=O) groups excluding carboxylic acids is 1. The van der Waals surface area contributed by atoms with Crippen LogP contribution in [0.3, 0.4) is 0 Å². The molecular weight excluding hydrogens is 258 g/mol. The number of nitrogen functional groups attached to an aromatic ring is 1. The van der Waals surface area contributed by atoms with Crippen LogP contribution in [0, 0.1) is 17.0 Å². The summed E-state index contributed by atoms with van der Waals surface area (Å²) in [5.74, 6) is -0.475. The van der Waals surface area contributed by atoms with Crippen LogP contribution < -0.4 is 11.1 Å². The highest BCUT2D eigenvalue weighted by molar-refractivity contribution is 6.08. The number of nitro groups is 1. The minimum Gasteiger partial charge on any atom is -0.398 e. The molecule has 0 aliphatic rings. The quantitative estimate of drug-likeness (QED) is 0.509. The normalized spacial score (nSPS) is 10.1. The van der Waals surface area contributed by atoms with E-state index in [4.69, 9.17) is 5.73 Å². The van der Waals surface area contributed by atoms with Gasteiger partial charge in [-0.2, -0.15) is 0 Å². The van der Waals surface area contributed by atoms with Gasteiger partial charge in [-0.1, -0.05) is 12.1 Å². The highest BCUT2D eigenvalue weighted by Crippen LogP contribution is 2.21.